The Kier molecular flexibility index (Phi) is 18.9. The van der Waals surface area contributed by atoms with Crippen molar-refractivity contribution in [1.29, 1.82) is 0 Å². The molecule has 0 unspecified atom stereocenters. The summed E-state index contributed by atoms with van der Waals surface area (Å²) in [5.74, 6) is 0. The first kappa shape index (κ1) is 34.6. The average Bonchev–Trinajstić information content (AvgIpc) is 3.45. The molecule has 4 aromatic rings. The summed E-state index contributed by atoms with van der Waals surface area (Å²) in [5, 5.41) is 0. The summed E-state index contributed by atoms with van der Waals surface area (Å²) < 4.78 is 0. The molecule has 0 fully saturated rings. The molecule has 190 valence electrons. The van der Waals surface area contributed by atoms with Gasteiger partial charge in [-0.15, -0.1) is 35.9 Å². The van der Waals surface area contributed by atoms with Crippen LogP contribution >= 0.6 is 24.8 Å². The van der Waals surface area contributed by atoms with Crippen molar-refractivity contribution in [2.75, 3.05) is 0 Å². The molecule has 0 radical (unpaired) electrons. The Morgan fingerprint density at radius 2 is 0.917 bits per heavy atom. The van der Waals surface area contributed by atoms with Gasteiger partial charge >= 0.3 is 30.2 Å². The first-order chi connectivity index (χ1) is 16.7. The number of benzene rings is 4. The largest absolute Gasteiger partial charge is 0.179 e. The zero-order valence-electron chi connectivity index (χ0n) is 21.3. The van der Waals surface area contributed by atoms with Gasteiger partial charge in [0, 0.05) is 0 Å². The van der Waals surface area contributed by atoms with Crippen LogP contribution in [0, 0.1) is 26.0 Å². The van der Waals surface area contributed by atoms with Crippen LogP contribution in [0.5, 0.6) is 0 Å². The molecule has 0 aliphatic heterocycles. The molecule has 0 saturated heterocycles. The van der Waals surface area contributed by atoms with Crippen LogP contribution in [0.25, 0.3) is 22.3 Å². The SMILES string of the molecule is Cl.Cl.[CH2-]CC.[CH2-]CC.[SiH2]=[Zr].[c-]1cccc2c1Cc1ccccc1-2.[c-]1cccc2c1Cc1ccccc1-2. The predicted molar refractivity (Wildman–Crippen MR) is 161 cm³/mol. The molecule has 2 aliphatic carbocycles. The van der Waals surface area contributed by atoms with E-state index in [2.05, 4.69) is 98.8 Å². The monoisotopic (exact) mass is 608 g/mol. The van der Waals surface area contributed by atoms with Crippen molar-refractivity contribution in [3.8, 4) is 22.3 Å². The van der Waals surface area contributed by atoms with Gasteiger partial charge in [-0.2, -0.15) is 72.5 Å². The van der Waals surface area contributed by atoms with Gasteiger partial charge in [0.05, 0.1) is 0 Å². The molecule has 4 aromatic carbocycles. The summed E-state index contributed by atoms with van der Waals surface area (Å²) in [6.45, 7) is 13.0. The summed E-state index contributed by atoms with van der Waals surface area (Å²) in [6.07, 6.45) is 4.10. The average molecular weight is 611 g/mol. The molecule has 0 saturated carbocycles. The van der Waals surface area contributed by atoms with Crippen molar-refractivity contribution in [3.63, 3.8) is 0 Å². The molecule has 0 amide bonds. The Morgan fingerprint density at radius 3 is 1.28 bits per heavy atom. The Bertz CT molecular complexity index is 982. The third kappa shape index (κ3) is 9.46. The summed E-state index contributed by atoms with van der Waals surface area (Å²) in [6, 6.07) is 36.2. The second-order valence-corrected chi connectivity index (χ2v) is 7.79. The molecular formula is C32H36Cl2SiZr-4. The van der Waals surface area contributed by atoms with Crippen molar-refractivity contribution in [2.24, 2.45) is 0 Å². The van der Waals surface area contributed by atoms with Gasteiger partial charge in [0.15, 0.2) is 0 Å². The Hall–Kier alpha value is -1.44. The maximum absolute atomic E-state index is 3.49. The molecule has 0 aromatic heterocycles. The second kappa shape index (κ2) is 19.6. The summed E-state index contributed by atoms with van der Waals surface area (Å²) >= 11 is 1.58. The predicted octanol–water partition coefficient (Wildman–Crippen LogP) is 8.50. The van der Waals surface area contributed by atoms with E-state index in [1.54, 1.807) is 23.3 Å². The number of hydrogen-bond acceptors (Lipinski definition) is 0. The zero-order chi connectivity index (χ0) is 24.8. The summed E-state index contributed by atoms with van der Waals surface area (Å²) in [4.78, 5) is 0. The van der Waals surface area contributed by atoms with Gasteiger partial charge in [-0.25, -0.2) is 0 Å². The Labute approximate surface area is 248 Å². The van der Waals surface area contributed by atoms with E-state index >= 15 is 0 Å². The van der Waals surface area contributed by atoms with Crippen molar-refractivity contribution in [1.82, 2.24) is 0 Å². The van der Waals surface area contributed by atoms with Crippen LogP contribution in [0.1, 0.15) is 48.9 Å². The molecular weight excluding hydrogens is 575 g/mol. The van der Waals surface area contributed by atoms with E-state index in [-0.39, 0.29) is 24.8 Å². The van der Waals surface area contributed by atoms with Gasteiger partial charge in [-0.1, -0.05) is 84.6 Å². The molecule has 0 N–H and O–H groups in total. The van der Waals surface area contributed by atoms with E-state index in [0.717, 1.165) is 25.7 Å². The van der Waals surface area contributed by atoms with Crippen LogP contribution in [-0.4, -0.2) is 6.88 Å². The van der Waals surface area contributed by atoms with Crippen LogP contribution in [0.2, 0.25) is 0 Å². The molecule has 36 heavy (non-hydrogen) atoms. The van der Waals surface area contributed by atoms with Gasteiger partial charge in [0.25, 0.3) is 0 Å². The van der Waals surface area contributed by atoms with Crippen molar-refractivity contribution >= 4 is 31.7 Å². The van der Waals surface area contributed by atoms with E-state index in [1.165, 1.54) is 44.5 Å². The van der Waals surface area contributed by atoms with Gasteiger partial charge in [0.1, 0.15) is 0 Å². The molecule has 6 rings (SSSR count). The third-order valence-electron chi connectivity index (χ3n) is 5.23. The smallest absolute Gasteiger partial charge is 0.0253 e. The fraction of sp³-hybridized carbons (Fsp3) is 0.188. The second-order valence-electron chi connectivity index (χ2n) is 7.79. The molecule has 0 spiro atoms. The van der Waals surface area contributed by atoms with Crippen LogP contribution in [0.15, 0.2) is 84.9 Å². The van der Waals surface area contributed by atoms with E-state index < -0.39 is 0 Å². The molecule has 4 heteroatoms. The van der Waals surface area contributed by atoms with Crippen molar-refractivity contribution in [3.05, 3.63) is 133 Å². The van der Waals surface area contributed by atoms with E-state index in [4.69, 9.17) is 0 Å². The van der Waals surface area contributed by atoms with Crippen molar-refractivity contribution < 1.29 is 23.3 Å². The fourth-order valence-corrected chi connectivity index (χ4v) is 4.00. The fourth-order valence-electron chi connectivity index (χ4n) is 4.00. The minimum atomic E-state index is 0. The van der Waals surface area contributed by atoms with Crippen molar-refractivity contribution in [2.45, 2.75) is 39.5 Å². The topological polar surface area (TPSA) is 0 Å². The minimum Gasteiger partial charge on any atom is -0.179 e. The number of halogens is 2. The molecule has 0 atom stereocenters. The summed E-state index contributed by atoms with van der Waals surface area (Å²) in [5.41, 5.74) is 11.0. The maximum Gasteiger partial charge on any atom is -0.0253 e. The van der Waals surface area contributed by atoms with Gasteiger partial charge in [0.2, 0.25) is 0 Å². The molecule has 2 aliphatic rings. The van der Waals surface area contributed by atoms with E-state index in [0.29, 0.717) is 0 Å². The first-order valence-electron chi connectivity index (χ1n) is 11.8. The third-order valence-corrected chi connectivity index (χ3v) is 5.23. The van der Waals surface area contributed by atoms with Crippen LogP contribution in [0.4, 0.5) is 0 Å². The van der Waals surface area contributed by atoms with Crippen LogP contribution in [0.3, 0.4) is 0 Å². The Morgan fingerprint density at radius 1 is 0.611 bits per heavy atom. The normalized spacial score (nSPS) is 9.97. The summed E-state index contributed by atoms with van der Waals surface area (Å²) in [7, 11) is 0. The standard InChI is InChI=1S/2C13H9.2C3H7.2ClH.H2Si.Zr/c2*1-3-7-12-10(5-1)9-11-6-2-4-8-13(11)12;2*1-3-2;;;;/h2*1-5,7-8H,9H2;2*1,3H2,2H3;2*1H;1H2;/q4*-1;;;;. The quantitative estimate of drug-likeness (QED) is 0.120. The zero-order valence-corrected chi connectivity index (χ0v) is 26.9. The van der Waals surface area contributed by atoms with Gasteiger partial charge in [-0.05, 0) is 12.8 Å². The number of hydrogen-bond donors (Lipinski definition) is 0. The first-order valence-corrected chi connectivity index (χ1v) is 17.7. The maximum atomic E-state index is 3.49. The van der Waals surface area contributed by atoms with Crippen LogP contribution < -0.4 is 0 Å². The molecule has 0 bridgehead atoms. The Balaban J connectivity index is 0.000000509. The molecule has 0 heterocycles. The van der Waals surface area contributed by atoms with Gasteiger partial charge < -0.3 is 13.8 Å². The number of fused-ring (bicyclic) bond motifs is 6. The van der Waals surface area contributed by atoms with E-state index in [1.807, 2.05) is 32.9 Å². The van der Waals surface area contributed by atoms with Gasteiger partial charge in [-0.3, -0.25) is 0 Å². The van der Waals surface area contributed by atoms with E-state index in [9.17, 15) is 0 Å². The number of rotatable bonds is 0. The molecule has 0 nitrogen and oxygen atoms in total. The van der Waals surface area contributed by atoms with Crippen LogP contribution in [-0.2, 0) is 36.2 Å². The minimum absolute atomic E-state index is 0.